The Labute approximate surface area is 113 Å². The van der Waals surface area contributed by atoms with Crippen molar-refractivity contribution in [2.75, 3.05) is 26.1 Å². The average molecular weight is 267 g/mol. The number of methoxy groups -OCH3 is 2. The Morgan fingerprint density at radius 3 is 2.58 bits per heavy atom. The second-order valence-corrected chi connectivity index (χ2v) is 4.72. The van der Waals surface area contributed by atoms with Gasteiger partial charge in [0.25, 0.3) is 0 Å². The molecule has 1 aromatic carbocycles. The van der Waals surface area contributed by atoms with Crippen molar-refractivity contribution >= 4 is 11.7 Å². The summed E-state index contributed by atoms with van der Waals surface area (Å²) in [4.78, 5) is 11.6. The molecule has 0 bridgehead atoms. The number of carboxylic acids is 1. The predicted molar refractivity (Wildman–Crippen MR) is 73.7 cm³/mol. The van der Waals surface area contributed by atoms with Gasteiger partial charge in [0.05, 0.1) is 13.7 Å². The van der Waals surface area contributed by atoms with Crippen molar-refractivity contribution in [3.8, 4) is 5.75 Å². The number of carboxylic acid groups (broad SMARTS) is 1. The molecule has 0 radical (unpaired) electrons. The van der Waals surface area contributed by atoms with E-state index in [4.69, 9.17) is 9.47 Å². The molecular weight excluding hydrogens is 246 g/mol. The molecule has 0 saturated heterocycles. The molecule has 0 aliphatic heterocycles. The van der Waals surface area contributed by atoms with Gasteiger partial charge in [0, 0.05) is 18.9 Å². The van der Waals surface area contributed by atoms with Gasteiger partial charge in [-0.2, -0.15) is 0 Å². The number of ether oxygens (including phenoxy) is 2. The Morgan fingerprint density at radius 2 is 2.11 bits per heavy atom. The molecule has 19 heavy (non-hydrogen) atoms. The zero-order valence-electron chi connectivity index (χ0n) is 11.8. The summed E-state index contributed by atoms with van der Waals surface area (Å²) in [5.74, 6) is -0.409. The molecule has 5 heteroatoms. The third-order valence-corrected chi connectivity index (χ3v) is 3.18. The normalized spacial score (nSPS) is 13.9. The Morgan fingerprint density at radius 1 is 1.42 bits per heavy atom. The highest BCUT2D eigenvalue weighted by Gasteiger charge is 2.42. The first-order valence-electron chi connectivity index (χ1n) is 6.11. The highest BCUT2D eigenvalue weighted by Crippen LogP contribution is 2.26. The number of benzene rings is 1. The van der Waals surface area contributed by atoms with Gasteiger partial charge in [0.1, 0.15) is 5.75 Å². The zero-order valence-corrected chi connectivity index (χ0v) is 11.8. The lowest BCUT2D eigenvalue weighted by Gasteiger charge is -2.34. The molecule has 1 aromatic rings. The summed E-state index contributed by atoms with van der Waals surface area (Å²) in [7, 11) is 3.06. The van der Waals surface area contributed by atoms with Crippen LogP contribution in [-0.2, 0) is 9.53 Å². The molecular formula is C14H21NO4. The van der Waals surface area contributed by atoms with Crippen LogP contribution in [0.4, 0.5) is 5.69 Å². The number of carbonyl (C=O) groups is 1. The second-order valence-electron chi connectivity index (χ2n) is 4.72. The van der Waals surface area contributed by atoms with Crippen LogP contribution in [0.1, 0.15) is 13.8 Å². The molecule has 0 aliphatic carbocycles. The Kier molecular flexibility index (Phi) is 5.18. The van der Waals surface area contributed by atoms with Crippen molar-refractivity contribution in [2.24, 2.45) is 5.92 Å². The van der Waals surface area contributed by atoms with Crippen molar-refractivity contribution in [2.45, 2.75) is 19.4 Å². The van der Waals surface area contributed by atoms with Gasteiger partial charge in [-0.3, -0.25) is 0 Å². The number of nitrogens with one attached hydrogen (secondary N) is 1. The van der Waals surface area contributed by atoms with Gasteiger partial charge in [-0.15, -0.1) is 0 Å². The third kappa shape index (κ3) is 3.38. The lowest BCUT2D eigenvalue weighted by atomic mass is 9.86. The molecule has 0 spiro atoms. The molecule has 106 valence electrons. The number of aliphatic carboxylic acids is 1. The molecule has 0 saturated carbocycles. The molecule has 0 aromatic heterocycles. The molecule has 0 amide bonds. The molecule has 5 nitrogen and oxygen atoms in total. The molecule has 2 N–H and O–H groups in total. The van der Waals surface area contributed by atoms with Gasteiger partial charge in [-0.25, -0.2) is 4.79 Å². The maximum atomic E-state index is 11.6. The van der Waals surface area contributed by atoms with E-state index in [1.807, 2.05) is 13.8 Å². The summed E-state index contributed by atoms with van der Waals surface area (Å²) in [6.45, 7) is 3.78. The summed E-state index contributed by atoms with van der Waals surface area (Å²) < 4.78 is 10.2. The Bertz CT molecular complexity index is 433. The van der Waals surface area contributed by atoms with Gasteiger partial charge in [-0.1, -0.05) is 19.9 Å². The predicted octanol–water partition coefficient (Wildman–Crippen LogP) is 2.23. The second kappa shape index (κ2) is 6.43. The van der Waals surface area contributed by atoms with Crippen molar-refractivity contribution in [1.82, 2.24) is 0 Å². The fourth-order valence-electron chi connectivity index (χ4n) is 1.90. The monoisotopic (exact) mass is 267 g/mol. The van der Waals surface area contributed by atoms with Crippen LogP contribution >= 0.6 is 0 Å². The molecule has 0 fully saturated rings. The first kappa shape index (κ1) is 15.3. The van der Waals surface area contributed by atoms with E-state index in [1.165, 1.54) is 7.11 Å². The van der Waals surface area contributed by atoms with E-state index in [0.717, 1.165) is 0 Å². The van der Waals surface area contributed by atoms with E-state index >= 15 is 0 Å². The Hall–Kier alpha value is -1.75. The number of hydrogen-bond acceptors (Lipinski definition) is 4. The summed E-state index contributed by atoms with van der Waals surface area (Å²) in [6, 6.07) is 7.17. The van der Waals surface area contributed by atoms with Crippen LogP contribution in [-0.4, -0.2) is 37.4 Å². The summed E-state index contributed by atoms with van der Waals surface area (Å²) in [6.07, 6.45) is 0. The van der Waals surface area contributed by atoms with Gasteiger partial charge in [-0.05, 0) is 18.1 Å². The Balaban J connectivity index is 3.08. The van der Waals surface area contributed by atoms with E-state index in [-0.39, 0.29) is 12.5 Å². The van der Waals surface area contributed by atoms with Crippen LogP contribution in [0.2, 0.25) is 0 Å². The lowest BCUT2D eigenvalue weighted by Crippen LogP contribution is -2.54. The molecule has 1 unspecified atom stereocenters. The lowest BCUT2D eigenvalue weighted by molar-refractivity contribution is -0.146. The molecule has 1 atom stereocenters. The first-order valence-corrected chi connectivity index (χ1v) is 6.11. The van der Waals surface area contributed by atoms with Crippen molar-refractivity contribution in [3.05, 3.63) is 24.3 Å². The fraction of sp³-hybridized carbons (Fsp3) is 0.500. The van der Waals surface area contributed by atoms with Gasteiger partial charge in [0.15, 0.2) is 5.54 Å². The standard InChI is InChI=1S/C14H21NO4/c1-10(2)14(9-18-3,13(16)17)15-11-6-5-7-12(8-11)19-4/h5-8,10,15H,9H2,1-4H3,(H,16,17). The van der Waals surface area contributed by atoms with Crippen LogP contribution in [0.3, 0.4) is 0 Å². The van der Waals surface area contributed by atoms with Gasteiger partial charge >= 0.3 is 5.97 Å². The number of hydrogen-bond donors (Lipinski definition) is 2. The SMILES string of the molecule is COCC(Nc1cccc(OC)c1)(C(=O)O)C(C)C. The smallest absolute Gasteiger partial charge is 0.332 e. The van der Waals surface area contributed by atoms with Crippen molar-refractivity contribution in [1.29, 1.82) is 0 Å². The highest BCUT2D eigenvalue weighted by atomic mass is 16.5. The summed E-state index contributed by atoms with van der Waals surface area (Å²) in [5, 5.41) is 12.6. The minimum absolute atomic E-state index is 0.0806. The van der Waals surface area contributed by atoms with Gasteiger partial charge in [0.2, 0.25) is 0 Å². The van der Waals surface area contributed by atoms with Crippen LogP contribution < -0.4 is 10.1 Å². The van der Waals surface area contributed by atoms with Crippen LogP contribution in [0.15, 0.2) is 24.3 Å². The van der Waals surface area contributed by atoms with E-state index in [1.54, 1.807) is 31.4 Å². The third-order valence-electron chi connectivity index (χ3n) is 3.18. The molecule has 0 aliphatic rings. The highest BCUT2D eigenvalue weighted by molar-refractivity contribution is 5.83. The number of anilines is 1. The van der Waals surface area contributed by atoms with E-state index in [2.05, 4.69) is 5.32 Å². The topological polar surface area (TPSA) is 67.8 Å². The minimum Gasteiger partial charge on any atom is -0.497 e. The van der Waals surface area contributed by atoms with Crippen LogP contribution in [0.25, 0.3) is 0 Å². The fourth-order valence-corrected chi connectivity index (χ4v) is 1.90. The van der Waals surface area contributed by atoms with E-state index in [9.17, 15) is 9.90 Å². The van der Waals surface area contributed by atoms with Gasteiger partial charge < -0.3 is 19.9 Å². The van der Waals surface area contributed by atoms with Crippen LogP contribution in [0, 0.1) is 5.92 Å². The average Bonchev–Trinajstić information content (AvgIpc) is 2.37. The largest absolute Gasteiger partial charge is 0.497 e. The maximum absolute atomic E-state index is 11.6. The maximum Gasteiger partial charge on any atom is 0.332 e. The summed E-state index contributed by atoms with van der Waals surface area (Å²) >= 11 is 0. The van der Waals surface area contributed by atoms with Crippen molar-refractivity contribution < 1.29 is 19.4 Å². The summed E-state index contributed by atoms with van der Waals surface area (Å²) in [5.41, 5.74) is -0.478. The van der Waals surface area contributed by atoms with Crippen LogP contribution in [0.5, 0.6) is 5.75 Å². The molecule has 0 heterocycles. The van der Waals surface area contributed by atoms with E-state index in [0.29, 0.717) is 11.4 Å². The van der Waals surface area contributed by atoms with E-state index < -0.39 is 11.5 Å². The quantitative estimate of drug-likeness (QED) is 0.793. The molecule has 1 rings (SSSR count). The van der Waals surface area contributed by atoms with Crippen molar-refractivity contribution in [3.63, 3.8) is 0 Å². The zero-order chi connectivity index (χ0) is 14.5. The first-order chi connectivity index (χ1) is 8.96. The number of rotatable bonds is 7. The minimum atomic E-state index is -1.17.